The summed E-state index contributed by atoms with van der Waals surface area (Å²) in [4.78, 5) is 4.07. The lowest BCUT2D eigenvalue weighted by Crippen LogP contribution is -2.24. The molecule has 0 unspecified atom stereocenters. The Morgan fingerprint density at radius 1 is 1.54 bits per heavy atom. The zero-order chi connectivity index (χ0) is 9.68. The van der Waals surface area contributed by atoms with Gasteiger partial charge in [-0.1, -0.05) is 0 Å². The van der Waals surface area contributed by atoms with Gasteiger partial charge in [-0.05, 0) is 24.4 Å². The molecular weight excluding hydrogens is 186 g/mol. The average Bonchev–Trinajstić information content (AvgIpc) is 2.19. The molecule has 2 N–H and O–H groups in total. The van der Waals surface area contributed by atoms with Gasteiger partial charge in [0, 0.05) is 7.05 Å². The van der Waals surface area contributed by atoms with E-state index in [1.807, 2.05) is 6.07 Å². The number of nitrogens with one attached hydrogen (secondary N) is 2. The van der Waals surface area contributed by atoms with E-state index in [0.717, 1.165) is 5.75 Å². The zero-order valence-corrected chi connectivity index (χ0v) is 8.31. The van der Waals surface area contributed by atoms with Crippen molar-refractivity contribution in [1.82, 2.24) is 10.3 Å². The van der Waals surface area contributed by atoms with E-state index in [4.69, 9.17) is 17.0 Å². The van der Waals surface area contributed by atoms with Gasteiger partial charge < -0.3 is 15.4 Å². The number of rotatable bonds is 2. The summed E-state index contributed by atoms with van der Waals surface area (Å²) in [7, 11) is 3.35. The minimum atomic E-state index is 0.540. The van der Waals surface area contributed by atoms with Gasteiger partial charge in [0.05, 0.1) is 13.3 Å². The molecule has 0 amide bonds. The van der Waals surface area contributed by atoms with Crippen molar-refractivity contribution in [1.29, 1.82) is 0 Å². The lowest BCUT2D eigenvalue weighted by atomic mass is 10.4. The molecule has 4 nitrogen and oxygen atoms in total. The van der Waals surface area contributed by atoms with Crippen molar-refractivity contribution >= 4 is 23.1 Å². The maximum atomic E-state index is 4.96. The molecular formula is C8H11N3OS. The molecule has 0 aromatic carbocycles. The van der Waals surface area contributed by atoms with Gasteiger partial charge in [-0.3, -0.25) is 0 Å². The van der Waals surface area contributed by atoms with E-state index in [-0.39, 0.29) is 0 Å². The van der Waals surface area contributed by atoms with Crippen molar-refractivity contribution in [2.45, 2.75) is 0 Å². The highest BCUT2D eigenvalue weighted by Crippen LogP contribution is 2.10. The number of methoxy groups -OCH3 is 1. The van der Waals surface area contributed by atoms with Gasteiger partial charge in [0.15, 0.2) is 5.11 Å². The van der Waals surface area contributed by atoms with E-state index in [9.17, 15) is 0 Å². The van der Waals surface area contributed by atoms with E-state index in [1.165, 1.54) is 0 Å². The summed E-state index contributed by atoms with van der Waals surface area (Å²) in [5, 5.41) is 6.23. The van der Waals surface area contributed by atoms with Crippen molar-refractivity contribution in [2.24, 2.45) is 0 Å². The van der Waals surface area contributed by atoms with Crippen LogP contribution in [0.3, 0.4) is 0 Å². The molecule has 1 rings (SSSR count). The number of ether oxygens (including phenoxy) is 1. The average molecular weight is 197 g/mol. The molecule has 0 aliphatic carbocycles. The maximum absolute atomic E-state index is 4.96. The number of pyridine rings is 1. The Balaban J connectivity index is 2.64. The molecule has 0 aliphatic rings. The molecule has 1 aromatic heterocycles. The van der Waals surface area contributed by atoms with Crippen LogP contribution in [0.2, 0.25) is 0 Å². The lowest BCUT2D eigenvalue weighted by Gasteiger charge is -2.06. The second-order valence-electron chi connectivity index (χ2n) is 2.29. The third-order valence-corrected chi connectivity index (χ3v) is 1.75. The van der Waals surface area contributed by atoms with Gasteiger partial charge in [0.1, 0.15) is 11.6 Å². The first-order chi connectivity index (χ1) is 6.26. The molecule has 0 bridgehead atoms. The Labute approximate surface area is 82.3 Å². The largest absolute Gasteiger partial charge is 0.495 e. The minimum absolute atomic E-state index is 0.540. The number of aromatic nitrogens is 1. The molecule has 5 heteroatoms. The Morgan fingerprint density at radius 2 is 2.31 bits per heavy atom. The highest BCUT2D eigenvalue weighted by atomic mass is 32.1. The molecule has 0 saturated heterocycles. The number of nitrogens with zero attached hydrogens (tertiary/aromatic N) is 1. The van der Waals surface area contributed by atoms with E-state index < -0.39 is 0 Å². The highest BCUT2D eigenvalue weighted by molar-refractivity contribution is 7.80. The SMILES string of the molecule is CNC(=S)Nc1ccc(OC)cn1. The summed E-state index contributed by atoms with van der Waals surface area (Å²) in [6.45, 7) is 0. The van der Waals surface area contributed by atoms with Gasteiger partial charge in [0.25, 0.3) is 0 Å². The Kier molecular flexibility index (Phi) is 3.45. The van der Waals surface area contributed by atoms with E-state index in [1.54, 1.807) is 26.4 Å². The second kappa shape index (κ2) is 4.61. The van der Waals surface area contributed by atoms with Crippen LogP contribution in [0.5, 0.6) is 5.75 Å². The highest BCUT2D eigenvalue weighted by Gasteiger charge is 1.96. The van der Waals surface area contributed by atoms with Gasteiger partial charge in [-0.2, -0.15) is 0 Å². The summed E-state index contributed by atoms with van der Waals surface area (Å²) >= 11 is 4.91. The van der Waals surface area contributed by atoms with Crippen LogP contribution in [0.1, 0.15) is 0 Å². The van der Waals surface area contributed by atoms with Gasteiger partial charge in [0.2, 0.25) is 0 Å². The summed E-state index contributed by atoms with van der Waals surface area (Å²) < 4.78 is 4.96. The third kappa shape index (κ3) is 2.87. The van der Waals surface area contributed by atoms with Crippen molar-refractivity contribution in [2.75, 3.05) is 19.5 Å². The van der Waals surface area contributed by atoms with Crippen LogP contribution in [0.15, 0.2) is 18.3 Å². The molecule has 0 atom stereocenters. The van der Waals surface area contributed by atoms with Crippen LogP contribution in [0.4, 0.5) is 5.82 Å². The van der Waals surface area contributed by atoms with Crippen molar-refractivity contribution < 1.29 is 4.74 Å². The van der Waals surface area contributed by atoms with Crippen molar-refractivity contribution in [3.05, 3.63) is 18.3 Å². The fourth-order valence-corrected chi connectivity index (χ4v) is 0.858. The summed E-state index contributed by atoms with van der Waals surface area (Å²) in [6, 6.07) is 3.61. The second-order valence-corrected chi connectivity index (χ2v) is 2.70. The molecule has 1 heterocycles. The third-order valence-electron chi connectivity index (χ3n) is 1.44. The smallest absolute Gasteiger partial charge is 0.171 e. The lowest BCUT2D eigenvalue weighted by molar-refractivity contribution is 0.413. The van der Waals surface area contributed by atoms with Crippen LogP contribution in [0.25, 0.3) is 0 Å². The molecule has 70 valence electrons. The first-order valence-corrected chi connectivity index (χ1v) is 4.16. The summed E-state index contributed by atoms with van der Waals surface area (Å²) in [5.41, 5.74) is 0. The van der Waals surface area contributed by atoms with E-state index >= 15 is 0 Å². The number of thiocarbonyl (C=S) groups is 1. The maximum Gasteiger partial charge on any atom is 0.171 e. The fourth-order valence-electron chi connectivity index (χ4n) is 0.754. The van der Waals surface area contributed by atoms with Crippen LogP contribution in [-0.2, 0) is 0 Å². The normalized spacial score (nSPS) is 9.08. The van der Waals surface area contributed by atoms with Crippen molar-refractivity contribution in [3.63, 3.8) is 0 Å². The zero-order valence-electron chi connectivity index (χ0n) is 7.50. The van der Waals surface area contributed by atoms with Crippen LogP contribution in [-0.4, -0.2) is 24.3 Å². The minimum Gasteiger partial charge on any atom is -0.495 e. The van der Waals surface area contributed by atoms with Crippen LogP contribution < -0.4 is 15.4 Å². The summed E-state index contributed by atoms with van der Waals surface area (Å²) in [5.74, 6) is 1.42. The summed E-state index contributed by atoms with van der Waals surface area (Å²) in [6.07, 6.45) is 1.63. The van der Waals surface area contributed by atoms with Crippen LogP contribution >= 0.6 is 12.2 Å². The topological polar surface area (TPSA) is 46.2 Å². The predicted octanol–water partition coefficient (Wildman–Crippen LogP) is 1.01. The molecule has 0 fully saturated rings. The first-order valence-electron chi connectivity index (χ1n) is 3.75. The number of anilines is 1. The number of hydrogen-bond acceptors (Lipinski definition) is 3. The molecule has 0 radical (unpaired) electrons. The van der Waals surface area contributed by atoms with Crippen molar-refractivity contribution in [3.8, 4) is 5.75 Å². The first kappa shape index (κ1) is 9.73. The quantitative estimate of drug-likeness (QED) is 0.693. The van der Waals surface area contributed by atoms with E-state index in [2.05, 4.69) is 15.6 Å². The van der Waals surface area contributed by atoms with Crippen LogP contribution in [0, 0.1) is 0 Å². The Morgan fingerprint density at radius 3 is 2.77 bits per heavy atom. The molecule has 13 heavy (non-hydrogen) atoms. The monoisotopic (exact) mass is 197 g/mol. The molecule has 0 spiro atoms. The predicted molar refractivity (Wildman–Crippen MR) is 56.1 cm³/mol. The molecule has 0 aliphatic heterocycles. The number of hydrogen-bond donors (Lipinski definition) is 2. The van der Waals surface area contributed by atoms with E-state index in [0.29, 0.717) is 10.9 Å². The molecule has 1 aromatic rings. The fraction of sp³-hybridized carbons (Fsp3) is 0.250. The Hall–Kier alpha value is -1.36. The standard InChI is InChI=1S/C8H11N3OS/c1-9-8(13)11-7-4-3-6(12-2)5-10-7/h3-5H,1-2H3,(H2,9,10,11,13). The van der Waals surface area contributed by atoms with Gasteiger partial charge >= 0.3 is 0 Å². The van der Waals surface area contributed by atoms with Gasteiger partial charge in [-0.25, -0.2) is 4.98 Å². The molecule has 0 saturated carbocycles. The van der Waals surface area contributed by atoms with Gasteiger partial charge in [-0.15, -0.1) is 0 Å². The Bertz CT molecular complexity index is 286.